The summed E-state index contributed by atoms with van der Waals surface area (Å²) >= 11 is 0. The predicted molar refractivity (Wildman–Crippen MR) is 62.7 cm³/mol. The summed E-state index contributed by atoms with van der Waals surface area (Å²) in [5.74, 6) is -2.60. The first-order valence-corrected chi connectivity index (χ1v) is 5.69. The summed E-state index contributed by atoms with van der Waals surface area (Å²) in [5, 5.41) is 0. The lowest BCUT2D eigenvalue weighted by Gasteiger charge is -2.18. The summed E-state index contributed by atoms with van der Waals surface area (Å²) in [5.41, 5.74) is 6.52. The zero-order chi connectivity index (χ0) is 12.2. The molecule has 1 rings (SSSR count). The number of alkyl halides is 2. The maximum atomic E-state index is 13.7. The van der Waals surface area contributed by atoms with Gasteiger partial charge in [-0.2, -0.15) is 0 Å². The van der Waals surface area contributed by atoms with Gasteiger partial charge in [0.25, 0.3) is 5.92 Å². The highest BCUT2D eigenvalue weighted by atomic mass is 19.3. The van der Waals surface area contributed by atoms with Crippen molar-refractivity contribution in [2.75, 3.05) is 6.54 Å². The van der Waals surface area contributed by atoms with E-state index in [2.05, 4.69) is 0 Å². The van der Waals surface area contributed by atoms with Gasteiger partial charge in [0.15, 0.2) is 0 Å². The van der Waals surface area contributed by atoms with E-state index >= 15 is 0 Å². The molecule has 0 bridgehead atoms. The Labute approximate surface area is 95.7 Å². The first-order chi connectivity index (χ1) is 7.51. The molecule has 16 heavy (non-hydrogen) atoms. The molecule has 0 aliphatic carbocycles. The molecule has 0 radical (unpaired) electrons. The summed E-state index contributed by atoms with van der Waals surface area (Å²) in [4.78, 5) is 0. The van der Waals surface area contributed by atoms with Crippen molar-refractivity contribution in [2.24, 2.45) is 5.73 Å². The second kappa shape index (κ2) is 5.39. The minimum atomic E-state index is -2.72. The third-order valence-corrected chi connectivity index (χ3v) is 2.80. The molecular formula is C13H19F2N. The van der Waals surface area contributed by atoms with Crippen molar-refractivity contribution < 1.29 is 8.78 Å². The molecular weight excluding hydrogens is 208 g/mol. The fourth-order valence-electron chi connectivity index (χ4n) is 1.67. The van der Waals surface area contributed by atoms with Crippen molar-refractivity contribution >= 4 is 0 Å². The Morgan fingerprint density at radius 3 is 2.62 bits per heavy atom. The average molecular weight is 227 g/mol. The molecule has 0 fully saturated rings. The predicted octanol–water partition coefficient (Wildman–Crippen LogP) is 3.64. The normalized spacial score (nSPS) is 13.8. The van der Waals surface area contributed by atoms with Gasteiger partial charge in [-0.3, -0.25) is 0 Å². The third-order valence-electron chi connectivity index (χ3n) is 2.80. The summed E-state index contributed by atoms with van der Waals surface area (Å²) in [6, 6.07) is 6.60. The van der Waals surface area contributed by atoms with Crippen LogP contribution in [0.25, 0.3) is 0 Å². The Bertz CT molecular complexity index is 336. The van der Waals surface area contributed by atoms with E-state index in [1.165, 1.54) is 6.07 Å². The number of halogens is 2. The van der Waals surface area contributed by atoms with Crippen molar-refractivity contribution in [2.45, 2.75) is 38.5 Å². The van der Waals surface area contributed by atoms with E-state index < -0.39 is 5.92 Å². The highest BCUT2D eigenvalue weighted by Gasteiger charge is 2.30. The molecule has 0 amide bonds. The molecule has 3 heteroatoms. The first kappa shape index (κ1) is 13.1. The Morgan fingerprint density at radius 2 is 2.06 bits per heavy atom. The number of benzene rings is 1. The van der Waals surface area contributed by atoms with Crippen molar-refractivity contribution in [1.82, 2.24) is 0 Å². The standard InChI is InChI=1S/C13H19F2N/c1-3-7-13(14,15)12-6-4-5-11(8-12)10(2)9-16/h4-6,8,10H,3,7,9,16H2,1-2H3. The van der Waals surface area contributed by atoms with E-state index in [4.69, 9.17) is 5.73 Å². The molecule has 1 atom stereocenters. The van der Waals surface area contributed by atoms with Crippen LogP contribution in [-0.2, 0) is 5.92 Å². The van der Waals surface area contributed by atoms with Crippen LogP contribution in [0, 0.1) is 0 Å². The average Bonchev–Trinajstić information content (AvgIpc) is 2.28. The van der Waals surface area contributed by atoms with Gasteiger partial charge in [-0.05, 0) is 24.1 Å². The second-order valence-corrected chi connectivity index (χ2v) is 4.22. The topological polar surface area (TPSA) is 26.0 Å². The van der Waals surface area contributed by atoms with Gasteiger partial charge in [0.1, 0.15) is 0 Å². The molecule has 0 aromatic heterocycles. The monoisotopic (exact) mass is 227 g/mol. The van der Waals surface area contributed by atoms with E-state index in [0.29, 0.717) is 13.0 Å². The Balaban J connectivity index is 2.98. The summed E-state index contributed by atoms with van der Waals surface area (Å²) in [7, 11) is 0. The molecule has 90 valence electrons. The van der Waals surface area contributed by atoms with Gasteiger partial charge in [0.05, 0.1) is 0 Å². The van der Waals surface area contributed by atoms with Gasteiger partial charge in [-0.1, -0.05) is 38.5 Å². The van der Waals surface area contributed by atoms with Gasteiger partial charge in [-0.15, -0.1) is 0 Å². The van der Waals surface area contributed by atoms with E-state index in [1.54, 1.807) is 19.1 Å². The van der Waals surface area contributed by atoms with Crippen molar-refractivity contribution in [1.29, 1.82) is 0 Å². The summed E-state index contributed by atoms with van der Waals surface area (Å²) in [6.07, 6.45) is 0.372. The zero-order valence-corrected chi connectivity index (χ0v) is 9.84. The Kier molecular flexibility index (Phi) is 4.42. The number of rotatable bonds is 5. The number of hydrogen-bond acceptors (Lipinski definition) is 1. The van der Waals surface area contributed by atoms with E-state index in [-0.39, 0.29) is 17.9 Å². The van der Waals surface area contributed by atoms with E-state index in [9.17, 15) is 8.78 Å². The van der Waals surface area contributed by atoms with Crippen LogP contribution in [0.2, 0.25) is 0 Å². The third kappa shape index (κ3) is 3.01. The maximum Gasteiger partial charge on any atom is 0.273 e. The van der Waals surface area contributed by atoms with Crippen LogP contribution in [-0.4, -0.2) is 6.54 Å². The van der Waals surface area contributed by atoms with Gasteiger partial charge >= 0.3 is 0 Å². The molecule has 1 unspecified atom stereocenters. The van der Waals surface area contributed by atoms with Crippen molar-refractivity contribution in [3.05, 3.63) is 35.4 Å². The van der Waals surface area contributed by atoms with Crippen molar-refractivity contribution in [3.8, 4) is 0 Å². The summed E-state index contributed by atoms with van der Waals surface area (Å²) in [6.45, 7) is 4.18. The molecule has 0 spiro atoms. The minimum Gasteiger partial charge on any atom is -0.330 e. The molecule has 2 N–H and O–H groups in total. The smallest absolute Gasteiger partial charge is 0.273 e. The van der Waals surface area contributed by atoms with E-state index in [0.717, 1.165) is 5.56 Å². The summed E-state index contributed by atoms with van der Waals surface area (Å²) < 4.78 is 27.3. The molecule has 0 saturated heterocycles. The molecule has 0 aliphatic rings. The van der Waals surface area contributed by atoms with Crippen LogP contribution >= 0.6 is 0 Å². The molecule has 0 heterocycles. The lowest BCUT2D eigenvalue weighted by molar-refractivity contribution is -0.0141. The molecule has 0 aliphatic heterocycles. The zero-order valence-electron chi connectivity index (χ0n) is 9.84. The lowest BCUT2D eigenvalue weighted by atomic mass is 9.96. The van der Waals surface area contributed by atoms with Crippen LogP contribution in [0.4, 0.5) is 8.78 Å². The van der Waals surface area contributed by atoms with Gasteiger partial charge in [0.2, 0.25) is 0 Å². The van der Waals surface area contributed by atoms with Crippen LogP contribution in [0.3, 0.4) is 0 Å². The maximum absolute atomic E-state index is 13.7. The van der Waals surface area contributed by atoms with Crippen LogP contribution in [0.15, 0.2) is 24.3 Å². The Morgan fingerprint density at radius 1 is 1.38 bits per heavy atom. The van der Waals surface area contributed by atoms with Gasteiger partial charge in [-0.25, -0.2) is 8.78 Å². The molecule has 1 nitrogen and oxygen atoms in total. The lowest BCUT2D eigenvalue weighted by Crippen LogP contribution is -2.14. The van der Waals surface area contributed by atoms with Crippen LogP contribution in [0.1, 0.15) is 43.7 Å². The van der Waals surface area contributed by atoms with Crippen LogP contribution < -0.4 is 5.73 Å². The highest BCUT2D eigenvalue weighted by molar-refractivity contribution is 5.29. The largest absolute Gasteiger partial charge is 0.330 e. The van der Waals surface area contributed by atoms with E-state index in [1.807, 2.05) is 13.0 Å². The fraction of sp³-hybridized carbons (Fsp3) is 0.538. The number of nitrogens with two attached hydrogens (primary N) is 1. The van der Waals surface area contributed by atoms with Crippen LogP contribution in [0.5, 0.6) is 0 Å². The quantitative estimate of drug-likeness (QED) is 0.816. The van der Waals surface area contributed by atoms with Crippen molar-refractivity contribution in [3.63, 3.8) is 0 Å². The number of hydrogen-bond donors (Lipinski definition) is 1. The second-order valence-electron chi connectivity index (χ2n) is 4.22. The first-order valence-electron chi connectivity index (χ1n) is 5.69. The van der Waals surface area contributed by atoms with Gasteiger partial charge in [0, 0.05) is 12.0 Å². The minimum absolute atomic E-state index is 0.104. The molecule has 1 aromatic carbocycles. The highest BCUT2D eigenvalue weighted by Crippen LogP contribution is 2.33. The SMILES string of the molecule is CCCC(F)(F)c1cccc(C(C)CN)c1. The Hall–Kier alpha value is -0.960. The molecule has 1 aromatic rings. The van der Waals surface area contributed by atoms with Gasteiger partial charge < -0.3 is 5.73 Å². The molecule has 0 saturated carbocycles. The fourth-order valence-corrected chi connectivity index (χ4v) is 1.67.